The van der Waals surface area contributed by atoms with Crippen LogP contribution in [0.5, 0.6) is 0 Å². The van der Waals surface area contributed by atoms with E-state index in [0.717, 1.165) is 12.1 Å². The molecule has 0 amide bonds. The Kier molecular flexibility index (Phi) is 4.69. The van der Waals surface area contributed by atoms with E-state index in [4.69, 9.17) is 0 Å². The molecule has 0 aromatic heterocycles. The molecule has 0 saturated heterocycles. The summed E-state index contributed by atoms with van der Waals surface area (Å²) >= 11 is 0. The molecule has 1 atom stereocenters. The largest absolute Gasteiger partial charge is 0.311 e. The van der Waals surface area contributed by atoms with Crippen molar-refractivity contribution < 1.29 is 4.39 Å². The molecular formula is C14H20FN. The number of benzene rings is 1. The molecule has 1 nitrogen and oxygen atoms in total. The Morgan fingerprint density at radius 3 is 2.75 bits per heavy atom. The van der Waals surface area contributed by atoms with E-state index in [1.165, 1.54) is 5.57 Å². The summed E-state index contributed by atoms with van der Waals surface area (Å²) in [6.07, 6.45) is 2.02. The maximum atomic E-state index is 13.3. The Hall–Kier alpha value is -1.15. The van der Waals surface area contributed by atoms with Crippen LogP contribution in [0.1, 0.15) is 31.9 Å². The van der Waals surface area contributed by atoms with Crippen molar-refractivity contribution in [2.75, 3.05) is 6.54 Å². The van der Waals surface area contributed by atoms with Crippen molar-refractivity contribution in [3.8, 4) is 0 Å². The van der Waals surface area contributed by atoms with Crippen LogP contribution >= 0.6 is 0 Å². The lowest BCUT2D eigenvalue weighted by Gasteiger charge is -2.13. The molecule has 1 aromatic rings. The fraction of sp³-hybridized carbons (Fsp3) is 0.429. The van der Waals surface area contributed by atoms with Crippen LogP contribution in [-0.2, 0) is 0 Å². The van der Waals surface area contributed by atoms with Crippen molar-refractivity contribution in [3.05, 3.63) is 40.7 Å². The minimum atomic E-state index is -0.141. The Labute approximate surface area is 97.4 Å². The predicted molar refractivity (Wildman–Crippen MR) is 67.9 cm³/mol. The van der Waals surface area contributed by atoms with Gasteiger partial charge in [0.1, 0.15) is 5.82 Å². The molecule has 0 spiro atoms. The molecule has 0 saturated carbocycles. The molecule has 0 radical (unpaired) electrons. The van der Waals surface area contributed by atoms with Crippen molar-refractivity contribution >= 4 is 6.08 Å². The van der Waals surface area contributed by atoms with Crippen molar-refractivity contribution in [3.63, 3.8) is 0 Å². The summed E-state index contributed by atoms with van der Waals surface area (Å²) in [4.78, 5) is 0. The van der Waals surface area contributed by atoms with E-state index in [1.54, 1.807) is 13.0 Å². The number of rotatable bonds is 4. The standard InChI is InChI=1S/C14H20FN/c1-5-16-12(4)11(3)8-13-7-6-10(2)14(15)9-13/h6-9,12,16H,5H2,1-4H3/b11-8+. The average Bonchev–Trinajstić information content (AvgIpc) is 2.24. The van der Waals surface area contributed by atoms with Gasteiger partial charge in [-0.15, -0.1) is 0 Å². The van der Waals surface area contributed by atoms with Crippen molar-refractivity contribution in [1.82, 2.24) is 5.32 Å². The first-order valence-corrected chi connectivity index (χ1v) is 5.72. The van der Waals surface area contributed by atoms with Crippen molar-refractivity contribution in [2.45, 2.75) is 33.7 Å². The van der Waals surface area contributed by atoms with Crippen LogP contribution < -0.4 is 5.32 Å². The first-order chi connectivity index (χ1) is 7.54. The molecule has 88 valence electrons. The highest BCUT2D eigenvalue weighted by molar-refractivity contribution is 5.54. The number of aryl methyl sites for hydroxylation is 1. The van der Waals surface area contributed by atoms with E-state index >= 15 is 0 Å². The Morgan fingerprint density at radius 1 is 1.50 bits per heavy atom. The third-order valence-corrected chi connectivity index (χ3v) is 2.78. The third kappa shape index (κ3) is 3.46. The predicted octanol–water partition coefficient (Wildman–Crippen LogP) is 3.54. The molecular weight excluding hydrogens is 201 g/mol. The number of halogens is 1. The first kappa shape index (κ1) is 12.9. The van der Waals surface area contributed by atoms with E-state index in [0.29, 0.717) is 11.6 Å². The summed E-state index contributed by atoms with van der Waals surface area (Å²) in [6.45, 7) is 8.96. The zero-order valence-corrected chi connectivity index (χ0v) is 10.5. The van der Waals surface area contributed by atoms with Crippen LogP contribution in [0.4, 0.5) is 4.39 Å². The van der Waals surface area contributed by atoms with Crippen LogP contribution in [0.25, 0.3) is 6.08 Å². The second kappa shape index (κ2) is 5.80. The first-order valence-electron chi connectivity index (χ1n) is 5.72. The van der Waals surface area contributed by atoms with E-state index in [9.17, 15) is 4.39 Å². The van der Waals surface area contributed by atoms with Gasteiger partial charge in [0.05, 0.1) is 0 Å². The number of hydrogen-bond donors (Lipinski definition) is 1. The highest BCUT2D eigenvalue weighted by Crippen LogP contribution is 2.13. The molecule has 0 aliphatic carbocycles. The normalized spacial score (nSPS) is 13.9. The molecule has 1 N–H and O–H groups in total. The smallest absolute Gasteiger partial charge is 0.126 e. The van der Waals surface area contributed by atoms with Gasteiger partial charge in [-0.3, -0.25) is 0 Å². The van der Waals surface area contributed by atoms with Gasteiger partial charge < -0.3 is 5.32 Å². The highest BCUT2D eigenvalue weighted by Gasteiger charge is 2.03. The minimum Gasteiger partial charge on any atom is -0.311 e. The van der Waals surface area contributed by atoms with Gasteiger partial charge in [0, 0.05) is 6.04 Å². The second-order valence-corrected chi connectivity index (χ2v) is 4.18. The Balaban J connectivity index is 2.85. The van der Waals surface area contributed by atoms with Crippen LogP contribution in [0.3, 0.4) is 0 Å². The van der Waals surface area contributed by atoms with Gasteiger partial charge in [0.25, 0.3) is 0 Å². The summed E-state index contributed by atoms with van der Waals surface area (Å²) in [5, 5.41) is 3.33. The fourth-order valence-corrected chi connectivity index (χ4v) is 1.55. The fourth-order valence-electron chi connectivity index (χ4n) is 1.55. The van der Waals surface area contributed by atoms with Gasteiger partial charge in [-0.1, -0.05) is 30.7 Å². The summed E-state index contributed by atoms with van der Waals surface area (Å²) in [5.74, 6) is -0.141. The van der Waals surface area contributed by atoms with Crippen LogP contribution in [-0.4, -0.2) is 12.6 Å². The lowest BCUT2D eigenvalue weighted by molar-refractivity contribution is 0.618. The van der Waals surface area contributed by atoms with Gasteiger partial charge in [0.2, 0.25) is 0 Å². The van der Waals surface area contributed by atoms with Gasteiger partial charge in [-0.05, 0) is 44.5 Å². The maximum Gasteiger partial charge on any atom is 0.126 e. The molecule has 1 unspecified atom stereocenters. The summed E-state index contributed by atoms with van der Waals surface area (Å²) in [5.41, 5.74) is 2.82. The molecule has 2 heteroatoms. The summed E-state index contributed by atoms with van der Waals surface area (Å²) < 4.78 is 13.3. The van der Waals surface area contributed by atoms with Gasteiger partial charge in [-0.2, -0.15) is 0 Å². The van der Waals surface area contributed by atoms with Gasteiger partial charge >= 0.3 is 0 Å². The molecule has 16 heavy (non-hydrogen) atoms. The van der Waals surface area contributed by atoms with E-state index in [2.05, 4.69) is 26.1 Å². The van der Waals surface area contributed by atoms with E-state index < -0.39 is 0 Å². The zero-order chi connectivity index (χ0) is 12.1. The average molecular weight is 221 g/mol. The monoisotopic (exact) mass is 221 g/mol. The molecule has 1 rings (SSSR count). The molecule has 0 heterocycles. The quantitative estimate of drug-likeness (QED) is 0.820. The van der Waals surface area contributed by atoms with Gasteiger partial charge in [0.15, 0.2) is 0 Å². The van der Waals surface area contributed by atoms with Crippen LogP contribution in [0, 0.1) is 12.7 Å². The van der Waals surface area contributed by atoms with E-state index in [1.807, 2.05) is 18.2 Å². The molecule has 0 aliphatic heterocycles. The van der Waals surface area contributed by atoms with Crippen LogP contribution in [0.15, 0.2) is 23.8 Å². The van der Waals surface area contributed by atoms with Gasteiger partial charge in [-0.25, -0.2) is 4.39 Å². The molecule has 1 aromatic carbocycles. The topological polar surface area (TPSA) is 12.0 Å². The van der Waals surface area contributed by atoms with Crippen LogP contribution in [0.2, 0.25) is 0 Å². The van der Waals surface area contributed by atoms with Crippen molar-refractivity contribution in [2.24, 2.45) is 0 Å². The highest BCUT2D eigenvalue weighted by atomic mass is 19.1. The number of likely N-dealkylation sites (N-methyl/N-ethyl adjacent to an activating group) is 1. The maximum absolute atomic E-state index is 13.3. The lowest BCUT2D eigenvalue weighted by atomic mass is 10.1. The lowest BCUT2D eigenvalue weighted by Crippen LogP contribution is -2.26. The Bertz CT molecular complexity index is 382. The minimum absolute atomic E-state index is 0.141. The number of nitrogens with one attached hydrogen (secondary N) is 1. The zero-order valence-electron chi connectivity index (χ0n) is 10.5. The second-order valence-electron chi connectivity index (χ2n) is 4.18. The Morgan fingerprint density at radius 2 is 2.19 bits per heavy atom. The molecule has 0 aliphatic rings. The molecule has 0 bridgehead atoms. The van der Waals surface area contributed by atoms with E-state index in [-0.39, 0.29) is 5.82 Å². The summed E-state index contributed by atoms with van der Waals surface area (Å²) in [6, 6.07) is 5.67. The third-order valence-electron chi connectivity index (χ3n) is 2.78. The number of hydrogen-bond acceptors (Lipinski definition) is 1. The van der Waals surface area contributed by atoms with Crippen molar-refractivity contribution in [1.29, 1.82) is 0 Å². The molecule has 0 fully saturated rings. The SMILES string of the molecule is CCNC(C)/C(C)=C/c1ccc(C)c(F)c1. The summed E-state index contributed by atoms with van der Waals surface area (Å²) in [7, 11) is 0.